The number of ketones is 1. The fourth-order valence-electron chi connectivity index (χ4n) is 3.11. The number of pyridine rings is 1. The summed E-state index contributed by atoms with van der Waals surface area (Å²) in [6.07, 6.45) is 5.66. The van der Waals surface area contributed by atoms with Gasteiger partial charge in [0.2, 0.25) is 0 Å². The van der Waals surface area contributed by atoms with Crippen molar-refractivity contribution in [2.24, 2.45) is 11.3 Å². The highest BCUT2D eigenvalue weighted by Crippen LogP contribution is 2.49. The molecule has 2 heterocycles. The highest BCUT2D eigenvalue weighted by atomic mass is 19.3. The molecular formula is C18H22F2N2O3. The van der Waals surface area contributed by atoms with Crippen LogP contribution in [-0.4, -0.2) is 48.1 Å². The van der Waals surface area contributed by atoms with E-state index in [0.29, 0.717) is 24.0 Å². The molecule has 0 unspecified atom stereocenters. The number of ether oxygens (including phenoxy) is 1. The van der Waals surface area contributed by atoms with Gasteiger partial charge in [0.05, 0.1) is 31.6 Å². The second kappa shape index (κ2) is 5.90. The number of hydrogen-bond donors (Lipinski definition) is 1. The van der Waals surface area contributed by atoms with E-state index in [2.05, 4.69) is 4.98 Å². The third-order valence-electron chi connectivity index (χ3n) is 5.32. The Morgan fingerprint density at radius 3 is 2.64 bits per heavy atom. The van der Waals surface area contributed by atoms with Crippen molar-refractivity contribution in [3.05, 3.63) is 18.0 Å². The minimum atomic E-state index is -2.68. The molecule has 3 aliphatic rings. The maximum Gasteiger partial charge on any atom is 0.282 e. The number of alkyl halides is 2. The van der Waals surface area contributed by atoms with Gasteiger partial charge in [0, 0.05) is 24.5 Å². The van der Waals surface area contributed by atoms with Gasteiger partial charge in [0.15, 0.2) is 5.78 Å². The van der Waals surface area contributed by atoms with E-state index in [-0.39, 0.29) is 43.0 Å². The van der Waals surface area contributed by atoms with Gasteiger partial charge in [-0.3, -0.25) is 9.78 Å². The van der Waals surface area contributed by atoms with Crippen LogP contribution in [-0.2, 0) is 0 Å². The van der Waals surface area contributed by atoms with Gasteiger partial charge in [0.25, 0.3) is 5.92 Å². The summed E-state index contributed by atoms with van der Waals surface area (Å²) in [5.74, 6) is -1.85. The Bertz CT molecular complexity index is 679. The lowest BCUT2D eigenvalue weighted by molar-refractivity contribution is -0.0265. The highest BCUT2D eigenvalue weighted by molar-refractivity contribution is 5.95. The van der Waals surface area contributed by atoms with Crippen LogP contribution in [0.4, 0.5) is 14.5 Å². The predicted octanol–water partition coefficient (Wildman–Crippen LogP) is 2.67. The van der Waals surface area contributed by atoms with Crippen LogP contribution >= 0.6 is 0 Å². The van der Waals surface area contributed by atoms with Crippen LogP contribution in [0.5, 0.6) is 5.75 Å². The van der Waals surface area contributed by atoms with E-state index < -0.39 is 5.92 Å². The lowest BCUT2D eigenvalue weighted by Gasteiger charge is -2.40. The Morgan fingerprint density at radius 1 is 1.36 bits per heavy atom. The smallest absolute Gasteiger partial charge is 0.282 e. The Labute approximate surface area is 145 Å². The van der Waals surface area contributed by atoms with Gasteiger partial charge in [-0.2, -0.15) is 0 Å². The third kappa shape index (κ3) is 3.61. The van der Waals surface area contributed by atoms with Crippen molar-refractivity contribution >= 4 is 11.5 Å². The number of aliphatic hydroxyl groups is 1. The molecule has 1 N–H and O–H groups in total. The van der Waals surface area contributed by atoms with Crippen LogP contribution in [0, 0.1) is 11.3 Å². The Kier molecular flexibility index (Phi) is 3.94. The number of halogens is 2. The number of nitrogens with zero attached hydrogens (tertiary/aromatic N) is 2. The number of hydrogen-bond acceptors (Lipinski definition) is 5. The number of carbonyl (C=O) groups excluding carboxylic acids is 1. The van der Waals surface area contributed by atoms with Gasteiger partial charge in [-0.15, -0.1) is 0 Å². The van der Waals surface area contributed by atoms with Gasteiger partial charge in [0.1, 0.15) is 11.4 Å². The molecule has 2 aliphatic carbocycles. The van der Waals surface area contributed by atoms with Crippen LogP contribution < -0.4 is 9.64 Å². The van der Waals surface area contributed by atoms with Gasteiger partial charge in [-0.05, 0) is 31.6 Å². The zero-order valence-electron chi connectivity index (χ0n) is 14.0. The van der Waals surface area contributed by atoms with Crippen LogP contribution in [0.1, 0.15) is 42.6 Å². The minimum absolute atomic E-state index is 0.00468. The fraction of sp³-hybridized carbons (Fsp3) is 0.667. The fourth-order valence-corrected chi connectivity index (χ4v) is 3.11. The quantitative estimate of drug-likeness (QED) is 0.729. The molecule has 1 aliphatic heterocycles. The van der Waals surface area contributed by atoms with Crippen molar-refractivity contribution in [1.29, 1.82) is 0 Å². The summed E-state index contributed by atoms with van der Waals surface area (Å²) in [5.41, 5.74) is 0.513. The lowest BCUT2D eigenvalue weighted by Crippen LogP contribution is -2.56. The average molecular weight is 352 g/mol. The van der Waals surface area contributed by atoms with Crippen LogP contribution in [0.2, 0.25) is 0 Å². The topological polar surface area (TPSA) is 62.7 Å². The molecule has 0 atom stereocenters. The van der Waals surface area contributed by atoms with E-state index in [1.54, 1.807) is 6.07 Å². The number of Topliss-reactive ketones (excluding diaryl/α,β-unsaturated/α-hetero) is 1. The molecule has 136 valence electrons. The summed E-state index contributed by atoms with van der Waals surface area (Å²) >= 11 is 0. The molecule has 7 heteroatoms. The lowest BCUT2D eigenvalue weighted by atomic mass is 9.98. The molecule has 5 nitrogen and oxygen atoms in total. The maximum atomic E-state index is 13.2. The number of aliphatic hydroxyl groups excluding tert-OH is 1. The van der Waals surface area contributed by atoms with E-state index >= 15 is 0 Å². The monoisotopic (exact) mass is 352 g/mol. The summed E-state index contributed by atoms with van der Waals surface area (Å²) < 4.78 is 32.2. The Hall–Kier alpha value is -1.76. The molecule has 0 aromatic carbocycles. The maximum absolute atomic E-state index is 13.2. The van der Waals surface area contributed by atoms with E-state index in [1.807, 2.05) is 0 Å². The summed E-state index contributed by atoms with van der Waals surface area (Å²) in [6.45, 7) is -0.162. The molecule has 1 aromatic rings. The van der Waals surface area contributed by atoms with Crippen molar-refractivity contribution in [3.63, 3.8) is 0 Å². The molecule has 0 spiro atoms. The molecule has 3 fully saturated rings. The molecule has 25 heavy (non-hydrogen) atoms. The van der Waals surface area contributed by atoms with Crippen molar-refractivity contribution in [2.45, 2.75) is 38.0 Å². The number of carbonyl (C=O) groups is 1. The standard InChI is InChI=1S/C18H22F2N2O3/c19-18(20)9-22(10-18)14-7-21-13(5-16(14)25-8-12-1-2-12)15(24)6-17(11-23)3-4-17/h5,7,12,23H,1-4,6,8-11H2. The summed E-state index contributed by atoms with van der Waals surface area (Å²) in [6, 6.07) is 1.57. The Morgan fingerprint density at radius 2 is 2.08 bits per heavy atom. The largest absolute Gasteiger partial charge is 0.491 e. The number of anilines is 1. The Balaban J connectivity index is 1.52. The van der Waals surface area contributed by atoms with Crippen LogP contribution in [0.15, 0.2) is 12.3 Å². The first-order valence-corrected chi connectivity index (χ1v) is 8.79. The third-order valence-corrected chi connectivity index (χ3v) is 5.32. The van der Waals surface area contributed by atoms with Crippen molar-refractivity contribution in [1.82, 2.24) is 4.98 Å². The van der Waals surface area contributed by atoms with Crippen molar-refractivity contribution in [2.75, 3.05) is 31.2 Å². The van der Waals surface area contributed by atoms with Gasteiger partial charge >= 0.3 is 0 Å². The van der Waals surface area contributed by atoms with E-state index in [9.17, 15) is 18.7 Å². The van der Waals surface area contributed by atoms with E-state index in [4.69, 9.17) is 4.74 Å². The first kappa shape index (κ1) is 16.7. The van der Waals surface area contributed by atoms with Crippen molar-refractivity contribution in [3.8, 4) is 5.75 Å². The zero-order chi connectivity index (χ0) is 17.7. The van der Waals surface area contributed by atoms with E-state index in [1.165, 1.54) is 11.1 Å². The SMILES string of the molecule is O=C(CC1(CO)CC1)c1cc(OCC2CC2)c(N2CC(F)(F)C2)cn1. The molecular weight excluding hydrogens is 330 g/mol. The second-order valence-corrected chi connectivity index (χ2v) is 7.76. The normalized spacial score (nSPS) is 23.1. The molecule has 1 saturated heterocycles. The van der Waals surface area contributed by atoms with Crippen molar-refractivity contribution < 1.29 is 23.4 Å². The summed E-state index contributed by atoms with van der Waals surface area (Å²) in [7, 11) is 0. The van der Waals surface area contributed by atoms with Gasteiger partial charge < -0.3 is 14.7 Å². The highest BCUT2D eigenvalue weighted by Gasteiger charge is 2.46. The van der Waals surface area contributed by atoms with E-state index in [0.717, 1.165) is 25.7 Å². The summed E-state index contributed by atoms with van der Waals surface area (Å²) in [5, 5.41) is 9.39. The predicted molar refractivity (Wildman–Crippen MR) is 87.3 cm³/mol. The first-order valence-electron chi connectivity index (χ1n) is 8.79. The van der Waals surface area contributed by atoms with Gasteiger partial charge in [-0.1, -0.05) is 0 Å². The molecule has 1 aromatic heterocycles. The molecule has 0 amide bonds. The van der Waals surface area contributed by atoms with Crippen LogP contribution in [0.25, 0.3) is 0 Å². The average Bonchev–Trinajstić information content (AvgIpc) is 3.46. The zero-order valence-corrected chi connectivity index (χ0v) is 14.0. The minimum Gasteiger partial charge on any atom is -0.491 e. The first-order chi connectivity index (χ1) is 11.9. The van der Waals surface area contributed by atoms with Gasteiger partial charge in [-0.25, -0.2) is 8.78 Å². The van der Waals surface area contributed by atoms with Crippen LogP contribution in [0.3, 0.4) is 0 Å². The molecule has 0 radical (unpaired) electrons. The number of aromatic nitrogens is 1. The molecule has 2 saturated carbocycles. The summed E-state index contributed by atoms with van der Waals surface area (Å²) in [4.78, 5) is 18.2. The molecule has 4 rings (SSSR count). The number of rotatable bonds is 8. The second-order valence-electron chi connectivity index (χ2n) is 7.76. The molecule has 0 bridgehead atoms.